The van der Waals surface area contributed by atoms with Crippen LogP contribution in [0.5, 0.6) is 0 Å². The number of hydrogen-bond acceptors (Lipinski definition) is 1. The van der Waals surface area contributed by atoms with Crippen molar-refractivity contribution in [1.29, 1.82) is 0 Å². The molecule has 2 aromatic carbocycles. The molecule has 100 valence electrons. The zero-order chi connectivity index (χ0) is 13.9. The minimum atomic E-state index is 0.796. The summed E-state index contributed by atoms with van der Waals surface area (Å²) in [6.45, 7) is 2.14. The first-order chi connectivity index (χ1) is 9.78. The molecule has 0 fully saturated rings. The second-order valence-electron chi connectivity index (χ2n) is 4.72. The zero-order valence-electron chi connectivity index (χ0n) is 11.2. The van der Waals surface area contributed by atoms with E-state index in [1.807, 2.05) is 30.5 Å². The quantitative estimate of drug-likeness (QED) is 0.660. The van der Waals surface area contributed by atoms with Gasteiger partial charge in [0, 0.05) is 10.4 Å². The summed E-state index contributed by atoms with van der Waals surface area (Å²) in [5, 5.41) is 8.93. The number of aromatic amines is 1. The van der Waals surface area contributed by atoms with Gasteiger partial charge in [0.25, 0.3) is 0 Å². The van der Waals surface area contributed by atoms with Crippen LogP contribution >= 0.6 is 11.6 Å². The van der Waals surface area contributed by atoms with Gasteiger partial charge in [-0.1, -0.05) is 48.9 Å². The third-order valence-electron chi connectivity index (χ3n) is 3.41. The maximum atomic E-state index is 6.29. The number of rotatable bonds is 3. The van der Waals surface area contributed by atoms with Crippen LogP contribution in [0.2, 0.25) is 5.02 Å². The van der Waals surface area contributed by atoms with E-state index in [1.165, 1.54) is 5.57 Å². The van der Waals surface area contributed by atoms with E-state index < -0.39 is 0 Å². The van der Waals surface area contributed by atoms with Crippen molar-refractivity contribution in [2.24, 2.45) is 0 Å². The van der Waals surface area contributed by atoms with Crippen LogP contribution in [0, 0.1) is 0 Å². The van der Waals surface area contributed by atoms with Crippen molar-refractivity contribution in [3.8, 4) is 0 Å². The molecule has 20 heavy (non-hydrogen) atoms. The Hall–Kier alpha value is -2.06. The molecular formula is C17H15ClN2. The highest BCUT2D eigenvalue weighted by Gasteiger charge is 2.04. The van der Waals surface area contributed by atoms with Crippen molar-refractivity contribution in [2.75, 3.05) is 0 Å². The van der Waals surface area contributed by atoms with Gasteiger partial charge in [-0.15, -0.1) is 0 Å². The second-order valence-corrected chi connectivity index (χ2v) is 5.13. The number of hydrogen-bond donors (Lipinski definition) is 1. The fourth-order valence-corrected chi connectivity index (χ4v) is 2.60. The van der Waals surface area contributed by atoms with E-state index in [0.29, 0.717) is 0 Å². The van der Waals surface area contributed by atoms with Crippen molar-refractivity contribution in [3.05, 3.63) is 64.8 Å². The minimum Gasteiger partial charge on any atom is -0.278 e. The molecule has 1 aromatic heterocycles. The van der Waals surface area contributed by atoms with E-state index in [2.05, 4.69) is 41.4 Å². The van der Waals surface area contributed by atoms with E-state index in [1.54, 1.807) is 0 Å². The van der Waals surface area contributed by atoms with Crippen molar-refractivity contribution in [2.45, 2.75) is 13.3 Å². The van der Waals surface area contributed by atoms with Crippen LogP contribution < -0.4 is 0 Å². The van der Waals surface area contributed by atoms with Crippen molar-refractivity contribution >= 4 is 34.2 Å². The molecule has 0 aliphatic rings. The van der Waals surface area contributed by atoms with Crippen LogP contribution in [0.4, 0.5) is 0 Å². The highest BCUT2D eigenvalue weighted by molar-refractivity contribution is 6.32. The molecule has 0 bridgehead atoms. The van der Waals surface area contributed by atoms with Crippen molar-refractivity contribution in [1.82, 2.24) is 10.2 Å². The third kappa shape index (κ3) is 2.47. The Morgan fingerprint density at radius 1 is 1.25 bits per heavy atom. The van der Waals surface area contributed by atoms with Gasteiger partial charge in [0.1, 0.15) is 0 Å². The first-order valence-electron chi connectivity index (χ1n) is 6.66. The monoisotopic (exact) mass is 282 g/mol. The molecule has 1 N–H and O–H groups in total. The van der Waals surface area contributed by atoms with E-state index in [9.17, 15) is 0 Å². The van der Waals surface area contributed by atoms with Crippen LogP contribution in [0.3, 0.4) is 0 Å². The Kier molecular flexibility index (Phi) is 3.57. The van der Waals surface area contributed by atoms with E-state index >= 15 is 0 Å². The maximum Gasteiger partial charge on any atom is 0.0650 e. The van der Waals surface area contributed by atoms with Gasteiger partial charge in [0.15, 0.2) is 0 Å². The summed E-state index contributed by atoms with van der Waals surface area (Å²) >= 11 is 6.29. The number of benzene rings is 2. The Bertz CT molecular complexity index is 771. The smallest absolute Gasteiger partial charge is 0.0650 e. The fraction of sp³-hybridized carbons (Fsp3) is 0.118. The zero-order valence-corrected chi connectivity index (χ0v) is 12.0. The van der Waals surface area contributed by atoms with Crippen molar-refractivity contribution in [3.63, 3.8) is 0 Å². The molecule has 0 amide bonds. The normalized spacial score (nSPS) is 12.0. The molecule has 0 radical (unpaired) electrons. The summed E-state index contributed by atoms with van der Waals surface area (Å²) < 4.78 is 0. The molecule has 0 atom stereocenters. The average Bonchev–Trinajstić information content (AvgIpc) is 2.93. The number of allylic oxidation sites excluding steroid dienone is 1. The van der Waals surface area contributed by atoms with E-state index in [4.69, 9.17) is 11.6 Å². The molecule has 0 spiro atoms. The first-order valence-corrected chi connectivity index (χ1v) is 7.04. The van der Waals surface area contributed by atoms with E-state index in [-0.39, 0.29) is 0 Å². The lowest BCUT2D eigenvalue weighted by molar-refractivity contribution is 1.12. The molecule has 0 aliphatic heterocycles. The molecule has 0 saturated heterocycles. The van der Waals surface area contributed by atoms with E-state index in [0.717, 1.165) is 33.5 Å². The summed E-state index contributed by atoms with van der Waals surface area (Å²) in [7, 11) is 0. The van der Waals surface area contributed by atoms with Gasteiger partial charge in [0.2, 0.25) is 0 Å². The summed E-state index contributed by atoms with van der Waals surface area (Å²) in [5.41, 5.74) is 4.55. The Morgan fingerprint density at radius 3 is 2.90 bits per heavy atom. The second kappa shape index (κ2) is 5.51. The van der Waals surface area contributed by atoms with Gasteiger partial charge in [0.05, 0.1) is 11.7 Å². The molecule has 0 saturated carbocycles. The molecule has 2 nitrogen and oxygen atoms in total. The molecular weight excluding hydrogens is 268 g/mol. The fourth-order valence-electron chi connectivity index (χ4n) is 2.34. The van der Waals surface area contributed by atoms with Gasteiger partial charge in [-0.3, -0.25) is 5.10 Å². The lowest BCUT2D eigenvalue weighted by Gasteiger charge is -2.07. The molecule has 3 rings (SSSR count). The number of nitrogens with one attached hydrogen (secondary N) is 1. The highest BCUT2D eigenvalue weighted by atomic mass is 35.5. The number of aromatic nitrogens is 2. The largest absolute Gasteiger partial charge is 0.278 e. The lowest BCUT2D eigenvalue weighted by atomic mass is 10.00. The summed E-state index contributed by atoms with van der Waals surface area (Å²) in [4.78, 5) is 0. The Morgan fingerprint density at radius 2 is 2.10 bits per heavy atom. The van der Waals surface area contributed by atoms with Crippen LogP contribution in [-0.4, -0.2) is 10.2 Å². The van der Waals surface area contributed by atoms with Gasteiger partial charge >= 0.3 is 0 Å². The molecule has 0 aliphatic carbocycles. The minimum absolute atomic E-state index is 0.796. The predicted molar refractivity (Wildman–Crippen MR) is 85.7 cm³/mol. The van der Waals surface area contributed by atoms with Gasteiger partial charge < -0.3 is 0 Å². The maximum absolute atomic E-state index is 6.29. The number of fused-ring (bicyclic) bond motifs is 1. The molecule has 3 heteroatoms. The number of halogens is 1. The molecule has 3 aromatic rings. The number of H-pyrrole nitrogens is 1. The molecule has 1 heterocycles. The predicted octanol–water partition coefficient (Wildman–Crippen LogP) is 5.17. The standard InChI is InChI=1S/C17H15ClN2/c1-2-13(15-5-3-4-6-16(15)18)9-12-7-8-17-14(10-12)11-19-20-17/h3-11H,2H2,1H3,(H,19,20)/b13-9+. The van der Waals surface area contributed by atoms with Gasteiger partial charge in [-0.2, -0.15) is 5.10 Å². The van der Waals surface area contributed by atoms with Gasteiger partial charge in [-0.25, -0.2) is 0 Å². The lowest BCUT2D eigenvalue weighted by Crippen LogP contribution is -1.85. The highest BCUT2D eigenvalue weighted by Crippen LogP contribution is 2.28. The summed E-state index contributed by atoms with van der Waals surface area (Å²) in [6.07, 6.45) is 4.97. The van der Waals surface area contributed by atoms with Crippen LogP contribution in [-0.2, 0) is 0 Å². The van der Waals surface area contributed by atoms with Crippen LogP contribution in [0.1, 0.15) is 24.5 Å². The third-order valence-corrected chi connectivity index (χ3v) is 3.74. The summed E-state index contributed by atoms with van der Waals surface area (Å²) in [5.74, 6) is 0. The van der Waals surface area contributed by atoms with Crippen LogP contribution in [0.15, 0.2) is 48.7 Å². The summed E-state index contributed by atoms with van der Waals surface area (Å²) in [6, 6.07) is 14.2. The topological polar surface area (TPSA) is 28.7 Å². The van der Waals surface area contributed by atoms with Crippen molar-refractivity contribution < 1.29 is 0 Å². The Labute approximate surface area is 123 Å². The number of nitrogens with zero attached hydrogens (tertiary/aromatic N) is 1. The first kappa shape index (κ1) is 12.9. The van der Waals surface area contributed by atoms with Gasteiger partial charge in [-0.05, 0) is 41.3 Å². The SMILES string of the molecule is CC/C(=C\c1ccc2[nH]ncc2c1)c1ccccc1Cl. The molecule has 0 unspecified atom stereocenters. The van der Waals surface area contributed by atoms with Crippen LogP contribution in [0.25, 0.3) is 22.6 Å². The Balaban J connectivity index is 2.05. The average molecular weight is 283 g/mol.